The van der Waals surface area contributed by atoms with E-state index in [1.54, 1.807) is 0 Å². The van der Waals surface area contributed by atoms with Gasteiger partial charge >= 0.3 is 0 Å². The van der Waals surface area contributed by atoms with Gasteiger partial charge in [-0.05, 0) is 50.7 Å². The highest BCUT2D eigenvalue weighted by atomic mass is 31.2. The average Bonchev–Trinajstić information content (AvgIpc) is 2.69. The molecule has 28 heavy (non-hydrogen) atoms. The smallest absolute Gasteiger partial charge is 0.265 e. The molecule has 1 rings (SSSR count). The number of nitrogens with one attached hydrogen (secondary N) is 1. The number of benzene rings is 1. The van der Waals surface area contributed by atoms with Gasteiger partial charge in [-0.1, -0.05) is 71.6 Å². The Morgan fingerprint density at radius 2 is 1.32 bits per heavy atom. The maximum atomic E-state index is 13.7. The van der Waals surface area contributed by atoms with Gasteiger partial charge in [0.05, 0.1) is 18.5 Å². The lowest BCUT2D eigenvalue weighted by Crippen LogP contribution is -2.34. The van der Waals surface area contributed by atoms with Gasteiger partial charge in [-0.3, -0.25) is 4.79 Å². The molecule has 1 aromatic rings. The summed E-state index contributed by atoms with van der Waals surface area (Å²) in [7, 11) is -1.31. The van der Waals surface area contributed by atoms with Crippen molar-refractivity contribution in [1.29, 1.82) is 0 Å². The molecule has 160 valence electrons. The van der Waals surface area contributed by atoms with E-state index in [2.05, 4.69) is 65.1 Å². The minimum absolute atomic E-state index is 0.223. The third-order valence-electron chi connectivity index (χ3n) is 6.13. The Morgan fingerprint density at radius 1 is 0.857 bits per heavy atom. The van der Waals surface area contributed by atoms with Crippen LogP contribution in [0.25, 0.3) is 0 Å². The molecule has 1 N–H and O–H groups in total. The molecule has 0 aliphatic heterocycles. The number of aryl methyl sites for hydroxylation is 2. The third-order valence-corrected chi connectivity index (χ3v) is 11.6. The van der Waals surface area contributed by atoms with Crippen LogP contribution in [0.1, 0.15) is 90.2 Å². The first-order chi connectivity index (χ1) is 13.5. The summed E-state index contributed by atoms with van der Waals surface area (Å²) in [6.07, 6.45) is 13.6. The molecule has 0 saturated carbocycles. The van der Waals surface area contributed by atoms with E-state index in [9.17, 15) is 4.79 Å². The zero-order valence-corrected chi connectivity index (χ0v) is 20.3. The molecule has 0 radical (unpaired) electrons. The Labute approximate surface area is 175 Å². The van der Waals surface area contributed by atoms with Gasteiger partial charge in [0.15, 0.2) is 0 Å². The molecule has 2 nitrogen and oxygen atoms in total. The van der Waals surface area contributed by atoms with Crippen molar-refractivity contribution in [3.63, 3.8) is 0 Å². The first-order valence-corrected chi connectivity index (χ1v) is 14.1. The van der Waals surface area contributed by atoms with Crippen LogP contribution in [0, 0.1) is 13.8 Å². The van der Waals surface area contributed by atoms with Crippen LogP contribution in [0.15, 0.2) is 18.2 Å². The fourth-order valence-electron chi connectivity index (χ4n) is 4.37. The molecule has 0 bridgehead atoms. The second-order valence-electron chi connectivity index (χ2n) is 8.51. The largest absolute Gasteiger partial charge is 0.322 e. The molecule has 1 amide bonds. The monoisotopic (exact) mass is 406 g/mol. The molecular weight excluding hydrogens is 361 g/mol. The SMILES string of the molecule is CCCC[P+](CCCC)(CCCC)C(CCC)C(=O)Nc1c(C)cccc1C. The Hall–Kier alpha value is -0.880. The lowest BCUT2D eigenvalue weighted by atomic mass is 10.1. The van der Waals surface area contributed by atoms with Crippen molar-refractivity contribution >= 4 is 18.9 Å². The highest BCUT2D eigenvalue weighted by Gasteiger charge is 2.47. The van der Waals surface area contributed by atoms with Crippen LogP contribution in [0.3, 0.4) is 0 Å². The van der Waals surface area contributed by atoms with Gasteiger partial charge < -0.3 is 5.32 Å². The number of unbranched alkanes of at least 4 members (excludes halogenated alkanes) is 3. The number of carbonyl (C=O) groups is 1. The van der Waals surface area contributed by atoms with Crippen molar-refractivity contribution in [2.24, 2.45) is 0 Å². The van der Waals surface area contributed by atoms with Crippen LogP contribution in [-0.2, 0) is 4.79 Å². The van der Waals surface area contributed by atoms with E-state index in [-0.39, 0.29) is 5.66 Å². The maximum absolute atomic E-state index is 13.7. The van der Waals surface area contributed by atoms with Crippen molar-refractivity contribution in [2.75, 3.05) is 23.8 Å². The third kappa shape index (κ3) is 7.18. The zero-order chi connectivity index (χ0) is 21.0. The minimum Gasteiger partial charge on any atom is -0.322 e. The molecule has 1 aromatic carbocycles. The summed E-state index contributed by atoms with van der Waals surface area (Å²) < 4.78 is 0. The second-order valence-corrected chi connectivity index (χ2v) is 12.9. The van der Waals surface area contributed by atoms with Crippen molar-refractivity contribution in [3.05, 3.63) is 29.3 Å². The number of hydrogen-bond acceptors (Lipinski definition) is 1. The molecule has 0 saturated heterocycles. The summed E-state index contributed by atoms with van der Waals surface area (Å²) in [5.74, 6) is 0.302. The summed E-state index contributed by atoms with van der Waals surface area (Å²) in [6.45, 7) is 13.3. The van der Waals surface area contributed by atoms with Gasteiger partial charge in [0.1, 0.15) is 5.66 Å². The van der Waals surface area contributed by atoms with E-state index in [1.807, 2.05) is 0 Å². The lowest BCUT2D eigenvalue weighted by molar-refractivity contribution is -0.116. The first-order valence-electron chi connectivity index (χ1n) is 11.7. The summed E-state index contributed by atoms with van der Waals surface area (Å²) >= 11 is 0. The molecule has 1 unspecified atom stereocenters. The van der Waals surface area contributed by atoms with E-state index >= 15 is 0 Å². The number of rotatable bonds is 14. The fraction of sp³-hybridized carbons (Fsp3) is 0.720. The molecular formula is C25H45NOP+. The number of para-hydroxylation sites is 1. The van der Waals surface area contributed by atoms with Gasteiger partial charge in [0.25, 0.3) is 5.91 Å². The van der Waals surface area contributed by atoms with Crippen LogP contribution in [-0.4, -0.2) is 30.1 Å². The normalized spacial score (nSPS) is 12.8. The maximum Gasteiger partial charge on any atom is 0.265 e. The summed E-state index contributed by atoms with van der Waals surface area (Å²) in [4.78, 5) is 13.7. The predicted octanol–water partition coefficient (Wildman–Crippen LogP) is 7.83. The standard InChI is InChI=1S/C25H44NOP/c1-7-11-18-28(19-12-8-2,20-13-9-3)23(15-10-4)25(27)26-24-21(5)16-14-17-22(24)6/h14,16-17,23H,7-13,15,18-20H2,1-6H3/p+1. The Kier molecular flexibility index (Phi) is 12.0. The van der Waals surface area contributed by atoms with E-state index in [4.69, 9.17) is 0 Å². The van der Waals surface area contributed by atoms with Crippen LogP contribution in [0.4, 0.5) is 5.69 Å². The number of amides is 1. The van der Waals surface area contributed by atoms with E-state index < -0.39 is 7.26 Å². The average molecular weight is 407 g/mol. The van der Waals surface area contributed by atoms with Crippen LogP contribution >= 0.6 is 7.26 Å². The number of hydrogen-bond donors (Lipinski definition) is 1. The fourth-order valence-corrected chi connectivity index (χ4v) is 10.2. The molecule has 3 heteroatoms. The van der Waals surface area contributed by atoms with Crippen LogP contribution in [0.5, 0.6) is 0 Å². The summed E-state index contributed by atoms with van der Waals surface area (Å²) in [5.41, 5.74) is 3.60. The second kappa shape index (κ2) is 13.4. The van der Waals surface area contributed by atoms with Gasteiger partial charge in [0.2, 0.25) is 0 Å². The molecule has 0 spiro atoms. The molecule has 0 heterocycles. The number of carbonyl (C=O) groups excluding carboxylic acids is 1. The quantitative estimate of drug-likeness (QED) is 0.313. The van der Waals surface area contributed by atoms with E-state index in [1.165, 1.54) is 68.1 Å². The number of anilines is 1. The first kappa shape index (κ1) is 25.2. The van der Waals surface area contributed by atoms with E-state index in [0.717, 1.165) is 18.5 Å². The predicted molar refractivity (Wildman–Crippen MR) is 129 cm³/mol. The van der Waals surface area contributed by atoms with Crippen molar-refractivity contribution in [2.45, 2.75) is 98.6 Å². The minimum atomic E-state index is -1.31. The topological polar surface area (TPSA) is 29.1 Å². The Balaban J connectivity index is 3.24. The van der Waals surface area contributed by atoms with Crippen molar-refractivity contribution < 1.29 is 4.79 Å². The van der Waals surface area contributed by atoms with Gasteiger partial charge in [0, 0.05) is 12.9 Å². The Bertz CT molecular complexity index is 542. The highest BCUT2D eigenvalue weighted by molar-refractivity contribution is 7.77. The molecule has 0 aliphatic carbocycles. The summed E-state index contributed by atoms with van der Waals surface area (Å²) in [5, 5.41) is 3.39. The van der Waals surface area contributed by atoms with Crippen molar-refractivity contribution in [3.8, 4) is 0 Å². The van der Waals surface area contributed by atoms with Gasteiger partial charge in [-0.2, -0.15) is 0 Å². The molecule has 1 atom stereocenters. The van der Waals surface area contributed by atoms with Crippen molar-refractivity contribution in [1.82, 2.24) is 0 Å². The van der Waals surface area contributed by atoms with Crippen LogP contribution in [0.2, 0.25) is 0 Å². The Morgan fingerprint density at radius 3 is 1.71 bits per heavy atom. The van der Waals surface area contributed by atoms with Crippen LogP contribution < -0.4 is 5.32 Å². The summed E-state index contributed by atoms with van der Waals surface area (Å²) in [6, 6.07) is 6.28. The molecule has 0 aromatic heterocycles. The van der Waals surface area contributed by atoms with Gasteiger partial charge in [-0.15, -0.1) is 0 Å². The highest BCUT2D eigenvalue weighted by Crippen LogP contribution is 2.66. The van der Waals surface area contributed by atoms with E-state index in [0.29, 0.717) is 5.91 Å². The van der Waals surface area contributed by atoms with Gasteiger partial charge in [-0.25, -0.2) is 0 Å². The lowest BCUT2D eigenvalue weighted by Gasteiger charge is -2.35. The molecule has 0 fully saturated rings. The molecule has 0 aliphatic rings. The zero-order valence-electron chi connectivity index (χ0n) is 19.4.